The van der Waals surface area contributed by atoms with Gasteiger partial charge in [-0.05, 0) is 24.1 Å². The van der Waals surface area contributed by atoms with Crippen molar-refractivity contribution in [2.24, 2.45) is 0 Å². The number of halogens is 2. The van der Waals surface area contributed by atoms with Gasteiger partial charge in [0.05, 0.1) is 0 Å². The van der Waals surface area contributed by atoms with E-state index >= 15 is 0 Å². The minimum Gasteiger partial charge on any atom is -0.299 e. The summed E-state index contributed by atoms with van der Waals surface area (Å²) < 4.78 is 25.6. The van der Waals surface area contributed by atoms with Crippen LogP contribution in [0.3, 0.4) is 0 Å². The summed E-state index contributed by atoms with van der Waals surface area (Å²) >= 11 is 0. The minimum absolute atomic E-state index is 0.0295. The zero-order valence-corrected chi connectivity index (χ0v) is 8.72. The summed E-state index contributed by atoms with van der Waals surface area (Å²) in [4.78, 5) is 11.3. The van der Waals surface area contributed by atoms with Crippen molar-refractivity contribution in [2.45, 2.75) is 32.6 Å². The van der Waals surface area contributed by atoms with Crippen LogP contribution in [0.5, 0.6) is 0 Å². The Morgan fingerprint density at radius 2 is 1.80 bits per heavy atom. The molecule has 0 radical (unpaired) electrons. The predicted molar refractivity (Wildman–Crippen MR) is 54.6 cm³/mol. The second kappa shape index (κ2) is 5.59. The van der Waals surface area contributed by atoms with Gasteiger partial charge in [0.2, 0.25) is 0 Å². The molecule has 1 aromatic carbocycles. The zero-order valence-electron chi connectivity index (χ0n) is 8.72. The number of benzene rings is 1. The van der Waals surface area contributed by atoms with Crippen molar-refractivity contribution in [3.63, 3.8) is 0 Å². The monoisotopic (exact) mass is 212 g/mol. The number of Topliss-reactive ketones (excluding diaryl/α,β-unsaturated/α-hetero) is 1. The molecule has 0 N–H and O–H groups in total. The van der Waals surface area contributed by atoms with Crippen molar-refractivity contribution >= 4 is 5.78 Å². The molecule has 0 saturated carbocycles. The summed E-state index contributed by atoms with van der Waals surface area (Å²) in [6.07, 6.45) is 2.38. The third-order valence-corrected chi connectivity index (χ3v) is 2.13. The van der Waals surface area contributed by atoms with E-state index in [-0.39, 0.29) is 12.2 Å². The minimum atomic E-state index is -0.631. The van der Waals surface area contributed by atoms with Crippen LogP contribution in [-0.2, 0) is 11.2 Å². The van der Waals surface area contributed by atoms with E-state index in [1.807, 2.05) is 6.92 Å². The highest BCUT2D eigenvalue weighted by Crippen LogP contribution is 2.10. The van der Waals surface area contributed by atoms with Crippen LogP contribution in [0.2, 0.25) is 0 Å². The highest BCUT2D eigenvalue weighted by atomic mass is 19.1. The summed E-state index contributed by atoms with van der Waals surface area (Å²) in [6, 6.07) is 3.21. The van der Waals surface area contributed by atoms with Crippen LogP contribution < -0.4 is 0 Å². The highest BCUT2D eigenvalue weighted by Gasteiger charge is 2.06. The molecule has 0 bridgehead atoms. The first-order chi connectivity index (χ1) is 7.11. The van der Waals surface area contributed by atoms with Crippen LogP contribution in [0.1, 0.15) is 31.7 Å². The van der Waals surface area contributed by atoms with Gasteiger partial charge >= 0.3 is 0 Å². The summed E-state index contributed by atoms with van der Waals surface area (Å²) in [5.74, 6) is -1.23. The SMILES string of the molecule is CCCCC(=O)Cc1cc(F)cc(F)c1. The maximum absolute atomic E-state index is 12.8. The van der Waals surface area contributed by atoms with E-state index in [9.17, 15) is 13.6 Å². The molecule has 0 aromatic heterocycles. The molecule has 1 rings (SSSR count). The van der Waals surface area contributed by atoms with Crippen molar-refractivity contribution < 1.29 is 13.6 Å². The molecule has 0 fully saturated rings. The van der Waals surface area contributed by atoms with E-state index < -0.39 is 11.6 Å². The number of carbonyl (C=O) groups is 1. The average Bonchev–Trinajstić information content (AvgIpc) is 2.13. The van der Waals surface area contributed by atoms with Gasteiger partial charge in [-0.1, -0.05) is 13.3 Å². The Hall–Kier alpha value is -1.25. The Balaban J connectivity index is 2.60. The van der Waals surface area contributed by atoms with E-state index in [1.54, 1.807) is 0 Å². The molecule has 0 aliphatic heterocycles. The smallest absolute Gasteiger partial charge is 0.137 e. The lowest BCUT2D eigenvalue weighted by molar-refractivity contribution is -0.118. The predicted octanol–water partition coefficient (Wildman–Crippen LogP) is 3.27. The molecule has 15 heavy (non-hydrogen) atoms. The van der Waals surface area contributed by atoms with Gasteiger partial charge in [0.25, 0.3) is 0 Å². The maximum Gasteiger partial charge on any atom is 0.137 e. The number of hydrogen-bond acceptors (Lipinski definition) is 1. The molecular weight excluding hydrogens is 198 g/mol. The average molecular weight is 212 g/mol. The number of hydrogen-bond donors (Lipinski definition) is 0. The van der Waals surface area contributed by atoms with Gasteiger partial charge in [0, 0.05) is 18.9 Å². The number of rotatable bonds is 5. The van der Waals surface area contributed by atoms with Crippen molar-refractivity contribution in [1.29, 1.82) is 0 Å². The van der Waals surface area contributed by atoms with E-state index in [1.165, 1.54) is 12.1 Å². The molecule has 0 saturated heterocycles. The van der Waals surface area contributed by atoms with E-state index in [0.717, 1.165) is 18.9 Å². The fraction of sp³-hybridized carbons (Fsp3) is 0.417. The molecule has 82 valence electrons. The second-order valence-electron chi connectivity index (χ2n) is 3.60. The van der Waals surface area contributed by atoms with Crippen LogP contribution in [0.15, 0.2) is 18.2 Å². The molecule has 0 aliphatic rings. The third-order valence-electron chi connectivity index (χ3n) is 2.13. The van der Waals surface area contributed by atoms with Crippen molar-refractivity contribution in [3.8, 4) is 0 Å². The molecular formula is C12H14F2O. The van der Waals surface area contributed by atoms with Crippen LogP contribution in [-0.4, -0.2) is 5.78 Å². The molecule has 0 spiro atoms. The fourth-order valence-electron chi connectivity index (χ4n) is 1.40. The number of ketones is 1. The molecule has 0 atom stereocenters. The lowest BCUT2D eigenvalue weighted by Gasteiger charge is -2.01. The molecule has 0 amide bonds. The summed E-state index contributed by atoms with van der Waals surface area (Å²) in [5, 5.41) is 0. The van der Waals surface area contributed by atoms with E-state index in [0.29, 0.717) is 12.0 Å². The van der Waals surface area contributed by atoms with Crippen LogP contribution in [0, 0.1) is 11.6 Å². The number of unbranched alkanes of at least 4 members (excludes halogenated alkanes) is 1. The van der Waals surface area contributed by atoms with Gasteiger partial charge in [-0.2, -0.15) is 0 Å². The van der Waals surface area contributed by atoms with Crippen LogP contribution >= 0.6 is 0 Å². The Morgan fingerprint density at radius 1 is 1.20 bits per heavy atom. The fourth-order valence-corrected chi connectivity index (χ4v) is 1.40. The van der Waals surface area contributed by atoms with Crippen LogP contribution in [0.4, 0.5) is 8.78 Å². The lowest BCUT2D eigenvalue weighted by atomic mass is 10.0. The molecule has 1 aromatic rings. The van der Waals surface area contributed by atoms with Gasteiger partial charge < -0.3 is 0 Å². The Kier molecular flexibility index (Phi) is 4.40. The zero-order chi connectivity index (χ0) is 11.3. The summed E-state index contributed by atoms with van der Waals surface area (Å²) in [7, 11) is 0. The molecule has 3 heteroatoms. The standard InChI is InChI=1S/C12H14F2O/c1-2-3-4-12(15)7-9-5-10(13)8-11(14)6-9/h5-6,8H,2-4,7H2,1H3. The topological polar surface area (TPSA) is 17.1 Å². The number of carbonyl (C=O) groups excluding carboxylic acids is 1. The third kappa shape index (κ3) is 4.19. The van der Waals surface area contributed by atoms with Crippen LogP contribution in [0.25, 0.3) is 0 Å². The lowest BCUT2D eigenvalue weighted by Crippen LogP contribution is -2.03. The molecule has 0 unspecified atom stereocenters. The molecule has 0 heterocycles. The van der Waals surface area contributed by atoms with Gasteiger partial charge in [0.15, 0.2) is 0 Å². The van der Waals surface area contributed by atoms with Gasteiger partial charge in [-0.3, -0.25) is 4.79 Å². The first-order valence-electron chi connectivity index (χ1n) is 5.08. The van der Waals surface area contributed by atoms with Gasteiger partial charge in [-0.15, -0.1) is 0 Å². The highest BCUT2D eigenvalue weighted by molar-refractivity contribution is 5.80. The summed E-state index contributed by atoms with van der Waals surface area (Å²) in [5.41, 5.74) is 0.411. The Morgan fingerprint density at radius 3 is 2.33 bits per heavy atom. The first-order valence-corrected chi connectivity index (χ1v) is 5.08. The Bertz CT molecular complexity index is 327. The normalized spacial score (nSPS) is 10.3. The maximum atomic E-state index is 12.8. The Labute approximate surface area is 88.1 Å². The van der Waals surface area contributed by atoms with Gasteiger partial charge in [0.1, 0.15) is 17.4 Å². The van der Waals surface area contributed by atoms with E-state index in [2.05, 4.69) is 0 Å². The van der Waals surface area contributed by atoms with Crippen molar-refractivity contribution in [1.82, 2.24) is 0 Å². The molecule has 1 nitrogen and oxygen atoms in total. The second-order valence-corrected chi connectivity index (χ2v) is 3.60. The largest absolute Gasteiger partial charge is 0.299 e. The van der Waals surface area contributed by atoms with Gasteiger partial charge in [-0.25, -0.2) is 8.78 Å². The summed E-state index contributed by atoms with van der Waals surface area (Å²) in [6.45, 7) is 2.00. The molecule has 0 aliphatic carbocycles. The first kappa shape index (κ1) is 11.8. The quantitative estimate of drug-likeness (QED) is 0.732. The van der Waals surface area contributed by atoms with Crippen molar-refractivity contribution in [2.75, 3.05) is 0 Å². The van der Waals surface area contributed by atoms with Crippen molar-refractivity contribution in [3.05, 3.63) is 35.4 Å². The van der Waals surface area contributed by atoms with E-state index in [4.69, 9.17) is 0 Å².